The summed E-state index contributed by atoms with van der Waals surface area (Å²) in [5.74, 6) is 0. The van der Waals surface area contributed by atoms with Crippen LogP contribution in [-0.4, -0.2) is 26.0 Å². The molecule has 3 nitrogen and oxygen atoms in total. The number of nitrogens with one attached hydrogen (secondary N) is 2. The molecule has 9 heavy (non-hydrogen) atoms. The molecule has 53 valence electrons. The Balaban J connectivity index is 2.66. The number of hydrogen-bond acceptors (Lipinski definition) is 2. The van der Waals surface area contributed by atoms with Crippen molar-refractivity contribution in [2.45, 2.75) is 6.42 Å². The molecule has 0 aromatic heterocycles. The molecule has 0 saturated heterocycles. The standard InChI is InChI=1S/C6H13N2O/c1-2-7-4-3-5-8-6-9/h6-7H,1-5H2,(H,8,9). The highest BCUT2D eigenvalue weighted by Gasteiger charge is 1.82. The molecule has 0 heterocycles. The van der Waals surface area contributed by atoms with Crippen molar-refractivity contribution >= 4 is 6.41 Å². The molecule has 0 rings (SSSR count). The van der Waals surface area contributed by atoms with Crippen LogP contribution in [0, 0.1) is 6.92 Å². The second-order valence-corrected chi connectivity index (χ2v) is 1.68. The summed E-state index contributed by atoms with van der Waals surface area (Å²) < 4.78 is 0. The van der Waals surface area contributed by atoms with Gasteiger partial charge in [-0.1, -0.05) is 0 Å². The first-order valence-corrected chi connectivity index (χ1v) is 3.09. The maximum Gasteiger partial charge on any atom is 0.207 e. The molecule has 0 aromatic carbocycles. The largest absolute Gasteiger partial charge is 0.359 e. The van der Waals surface area contributed by atoms with Crippen LogP contribution >= 0.6 is 0 Å². The van der Waals surface area contributed by atoms with Crippen molar-refractivity contribution < 1.29 is 4.79 Å². The van der Waals surface area contributed by atoms with Crippen LogP contribution in [0.4, 0.5) is 0 Å². The van der Waals surface area contributed by atoms with Crippen LogP contribution < -0.4 is 10.6 Å². The number of carbonyl (C=O) groups excluding carboxylic acids is 1. The van der Waals surface area contributed by atoms with E-state index in [1.54, 1.807) is 0 Å². The summed E-state index contributed by atoms with van der Waals surface area (Å²) >= 11 is 0. The van der Waals surface area contributed by atoms with Gasteiger partial charge in [-0.15, -0.1) is 0 Å². The maximum atomic E-state index is 9.69. The van der Waals surface area contributed by atoms with Crippen LogP contribution in [0.1, 0.15) is 6.42 Å². The highest BCUT2D eigenvalue weighted by Crippen LogP contribution is 1.69. The fourth-order valence-corrected chi connectivity index (χ4v) is 0.499. The molecule has 0 aliphatic rings. The third-order valence-corrected chi connectivity index (χ3v) is 0.935. The van der Waals surface area contributed by atoms with Gasteiger partial charge in [-0.05, 0) is 26.4 Å². The number of amides is 1. The molecule has 0 unspecified atom stereocenters. The zero-order chi connectivity index (χ0) is 6.95. The molecule has 3 heteroatoms. The predicted octanol–water partition coefficient (Wildman–Crippen LogP) is -0.454. The van der Waals surface area contributed by atoms with Crippen molar-refractivity contribution in [1.82, 2.24) is 10.6 Å². The van der Waals surface area contributed by atoms with Crippen molar-refractivity contribution in [2.24, 2.45) is 0 Å². The van der Waals surface area contributed by atoms with Gasteiger partial charge < -0.3 is 10.6 Å². The molecule has 2 N–H and O–H groups in total. The molecular weight excluding hydrogens is 116 g/mol. The van der Waals surface area contributed by atoms with E-state index in [4.69, 9.17) is 0 Å². The van der Waals surface area contributed by atoms with E-state index in [2.05, 4.69) is 17.6 Å². The van der Waals surface area contributed by atoms with E-state index in [0.717, 1.165) is 26.1 Å². The first-order valence-electron chi connectivity index (χ1n) is 3.09. The minimum Gasteiger partial charge on any atom is -0.359 e. The average molecular weight is 129 g/mol. The van der Waals surface area contributed by atoms with Crippen molar-refractivity contribution in [2.75, 3.05) is 19.6 Å². The molecule has 0 aliphatic carbocycles. The lowest BCUT2D eigenvalue weighted by atomic mass is 10.4. The quantitative estimate of drug-likeness (QED) is 0.376. The average Bonchev–Trinajstić information content (AvgIpc) is 1.89. The van der Waals surface area contributed by atoms with Gasteiger partial charge >= 0.3 is 0 Å². The van der Waals surface area contributed by atoms with Gasteiger partial charge in [-0.3, -0.25) is 4.79 Å². The third-order valence-electron chi connectivity index (χ3n) is 0.935. The summed E-state index contributed by atoms with van der Waals surface area (Å²) in [6.07, 6.45) is 1.68. The summed E-state index contributed by atoms with van der Waals surface area (Å²) in [6.45, 7) is 6.02. The Hall–Kier alpha value is -0.570. The fraction of sp³-hybridized carbons (Fsp3) is 0.667. The van der Waals surface area contributed by atoms with Gasteiger partial charge in [0, 0.05) is 6.54 Å². The molecule has 1 amide bonds. The Morgan fingerprint density at radius 1 is 1.44 bits per heavy atom. The fourth-order valence-electron chi connectivity index (χ4n) is 0.499. The molecule has 0 saturated carbocycles. The Morgan fingerprint density at radius 3 is 2.78 bits per heavy atom. The SMILES string of the molecule is [CH2]CNCCCNC=O. The zero-order valence-electron chi connectivity index (χ0n) is 5.52. The first-order chi connectivity index (χ1) is 4.41. The summed E-state index contributed by atoms with van der Waals surface area (Å²) in [7, 11) is 0. The van der Waals surface area contributed by atoms with Gasteiger partial charge in [0.05, 0.1) is 0 Å². The van der Waals surface area contributed by atoms with Gasteiger partial charge in [-0.25, -0.2) is 0 Å². The van der Waals surface area contributed by atoms with E-state index in [0.29, 0.717) is 6.41 Å². The first kappa shape index (κ1) is 8.43. The van der Waals surface area contributed by atoms with Crippen molar-refractivity contribution in [1.29, 1.82) is 0 Å². The minimum absolute atomic E-state index is 0.712. The van der Waals surface area contributed by atoms with E-state index in [9.17, 15) is 4.79 Å². The third kappa shape index (κ3) is 7.43. The Bertz CT molecular complexity index is 66.1. The Labute approximate surface area is 55.8 Å². The lowest BCUT2D eigenvalue weighted by Crippen LogP contribution is -2.20. The normalized spacial score (nSPS) is 9.00. The monoisotopic (exact) mass is 129 g/mol. The molecule has 0 aliphatic heterocycles. The van der Waals surface area contributed by atoms with Gasteiger partial charge in [0.15, 0.2) is 0 Å². The van der Waals surface area contributed by atoms with Crippen LogP contribution in [0.25, 0.3) is 0 Å². The van der Waals surface area contributed by atoms with Crippen LogP contribution in [0.15, 0.2) is 0 Å². The Morgan fingerprint density at radius 2 is 2.22 bits per heavy atom. The summed E-state index contributed by atoms with van der Waals surface area (Å²) in [6, 6.07) is 0. The summed E-state index contributed by atoms with van der Waals surface area (Å²) in [4.78, 5) is 9.69. The van der Waals surface area contributed by atoms with E-state index >= 15 is 0 Å². The summed E-state index contributed by atoms with van der Waals surface area (Å²) in [5, 5.41) is 5.61. The molecular formula is C6H13N2O. The minimum atomic E-state index is 0.712. The predicted molar refractivity (Wildman–Crippen MR) is 36.9 cm³/mol. The van der Waals surface area contributed by atoms with Crippen LogP contribution in [0.2, 0.25) is 0 Å². The van der Waals surface area contributed by atoms with Gasteiger partial charge in [-0.2, -0.15) is 0 Å². The van der Waals surface area contributed by atoms with Crippen molar-refractivity contribution in [3.8, 4) is 0 Å². The number of rotatable bonds is 6. The second kappa shape index (κ2) is 7.43. The lowest BCUT2D eigenvalue weighted by molar-refractivity contribution is -0.109. The lowest BCUT2D eigenvalue weighted by Gasteiger charge is -1.98. The van der Waals surface area contributed by atoms with E-state index in [1.807, 2.05) is 0 Å². The van der Waals surface area contributed by atoms with E-state index in [-0.39, 0.29) is 0 Å². The molecule has 1 radical (unpaired) electrons. The van der Waals surface area contributed by atoms with Crippen LogP contribution in [0.3, 0.4) is 0 Å². The molecule has 0 spiro atoms. The molecule has 0 aromatic rings. The second-order valence-electron chi connectivity index (χ2n) is 1.68. The van der Waals surface area contributed by atoms with E-state index < -0.39 is 0 Å². The molecule has 0 fully saturated rings. The maximum absolute atomic E-state index is 9.69. The smallest absolute Gasteiger partial charge is 0.207 e. The van der Waals surface area contributed by atoms with Gasteiger partial charge in [0.2, 0.25) is 6.41 Å². The molecule has 0 bridgehead atoms. The van der Waals surface area contributed by atoms with Crippen molar-refractivity contribution in [3.63, 3.8) is 0 Å². The highest BCUT2D eigenvalue weighted by atomic mass is 16.1. The van der Waals surface area contributed by atoms with Gasteiger partial charge in [0.1, 0.15) is 0 Å². The zero-order valence-corrected chi connectivity index (χ0v) is 5.52. The van der Waals surface area contributed by atoms with Gasteiger partial charge in [0.25, 0.3) is 0 Å². The van der Waals surface area contributed by atoms with Crippen molar-refractivity contribution in [3.05, 3.63) is 6.92 Å². The molecule has 0 atom stereocenters. The Kier molecular flexibility index (Phi) is 6.96. The topological polar surface area (TPSA) is 41.1 Å². The highest BCUT2D eigenvalue weighted by molar-refractivity contribution is 5.45. The number of hydrogen-bond donors (Lipinski definition) is 2. The summed E-state index contributed by atoms with van der Waals surface area (Å²) in [5.41, 5.74) is 0. The van der Waals surface area contributed by atoms with E-state index in [1.165, 1.54) is 0 Å². The number of carbonyl (C=O) groups is 1. The van der Waals surface area contributed by atoms with Crippen LogP contribution in [0.5, 0.6) is 0 Å². The van der Waals surface area contributed by atoms with Crippen LogP contribution in [-0.2, 0) is 4.79 Å².